The number of carbonyl (C=O) groups excluding carboxylic acids is 2. The summed E-state index contributed by atoms with van der Waals surface area (Å²) in [5.41, 5.74) is 1.97. The van der Waals surface area contributed by atoms with E-state index in [9.17, 15) is 9.59 Å². The highest BCUT2D eigenvalue weighted by Crippen LogP contribution is 2.18. The Hall–Kier alpha value is -2.04. The Morgan fingerprint density at radius 1 is 1.35 bits per heavy atom. The van der Waals surface area contributed by atoms with E-state index in [1.165, 1.54) is 0 Å². The molecule has 0 unspecified atom stereocenters. The molecule has 2 N–H and O–H groups in total. The highest BCUT2D eigenvalue weighted by atomic mass is 16.2. The van der Waals surface area contributed by atoms with Crippen LogP contribution in [0, 0.1) is 6.92 Å². The number of anilines is 1. The lowest BCUT2D eigenvalue weighted by Crippen LogP contribution is -2.44. The maximum absolute atomic E-state index is 12.2. The van der Waals surface area contributed by atoms with Gasteiger partial charge in [0, 0.05) is 18.3 Å². The van der Waals surface area contributed by atoms with Crippen LogP contribution in [0.1, 0.15) is 25.3 Å². The molecule has 0 bridgehead atoms. The summed E-state index contributed by atoms with van der Waals surface area (Å²) in [4.78, 5) is 25.4. The third-order valence-corrected chi connectivity index (χ3v) is 3.24. The average molecular weight is 275 g/mol. The van der Waals surface area contributed by atoms with Crippen LogP contribution in [-0.2, 0) is 4.79 Å². The SMILES string of the molecule is CCN(C(=O)CNC(=O)NC1CC1)c1cccc(C)c1. The highest BCUT2D eigenvalue weighted by molar-refractivity contribution is 5.96. The second-order valence-corrected chi connectivity index (χ2v) is 5.08. The van der Waals surface area contributed by atoms with Crippen molar-refractivity contribution >= 4 is 17.6 Å². The van der Waals surface area contributed by atoms with Gasteiger partial charge in [0.25, 0.3) is 0 Å². The number of nitrogens with one attached hydrogen (secondary N) is 2. The third-order valence-electron chi connectivity index (χ3n) is 3.24. The molecule has 1 saturated carbocycles. The van der Waals surface area contributed by atoms with Crippen LogP contribution in [0.25, 0.3) is 0 Å². The molecule has 5 heteroatoms. The van der Waals surface area contributed by atoms with Gasteiger partial charge < -0.3 is 15.5 Å². The number of carbonyl (C=O) groups is 2. The Kier molecular flexibility index (Phi) is 4.61. The van der Waals surface area contributed by atoms with Gasteiger partial charge in [-0.25, -0.2) is 4.79 Å². The summed E-state index contributed by atoms with van der Waals surface area (Å²) < 4.78 is 0. The standard InChI is InChI=1S/C15H21N3O2/c1-3-18(13-6-4-5-11(2)9-13)14(19)10-16-15(20)17-12-7-8-12/h4-6,9,12H,3,7-8,10H2,1-2H3,(H2,16,17,20). The topological polar surface area (TPSA) is 61.4 Å². The summed E-state index contributed by atoms with van der Waals surface area (Å²) >= 11 is 0. The fourth-order valence-electron chi connectivity index (χ4n) is 2.01. The molecule has 2 rings (SSSR count). The lowest BCUT2D eigenvalue weighted by molar-refractivity contribution is -0.117. The molecular formula is C15H21N3O2. The van der Waals surface area contributed by atoms with Crippen LogP contribution in [-0.4, -0.2) is 31.1 Å². The number of nitrogens with zero attached hydrogens (tertiary/aromatic N) is 1. The molecule has 108 valence electrons. The lowest BCUT2D eigenvalue weighted by atomic mass is 10.2. The molecule has 0 atom stereocenters. The average Bonchev–Trinajstić information content (AvgIpc) is 3.21. The van der Waals surface area contributed by atoms with Crippen molar-refractivity contribution in [3.63, 3.8) is 0 Å². The molecule has 1 aliphatic carbocycles. The van der Waals surface area contributed by atoms with Crippen LogP contribution in [0.15, 0.2) is 24.3 Å². The maximum atomic E-state index is 12.2. The van der Waals surface area contributed by atoms with Crippen molar-refractivity contribution < 1.29 is 9.59 Å². The smallest absolute Gasteiger partial charge is 0.315 e. The van der Waals surface area contributed by atoms with E-state index in [1.807, 2.05) is 38.1 Å². The number of hydrogen-bond acceptors (Lipinski definition) is 2. The van der Waals surface area contributed by atoms with Crippen molar-refractivity contribution in [2.75, 3.05) is 18.0 Å². The Morgan fingerprint density at radius 2 is 2.10 bits per heavy atom. The molecule has 0 saturated heterocycles. The molecule has 1 fully saturated rings. The normalized spacial score (nSPS) is 13.7. The number of rotatable bonds is 5. The largest absolute Gasteiger partial charge is 0.335 e. The van der Waals surface area contributed by atoms with Gasteiger partial charge >= 0.3 is 6.03 Å². The third kappa shape index (κ3) is 3.98. The molecule has 0 heterocycles. The lowest BCUT2D eigenvalue weighted by Gasteiger charge is -2.21. The zero-order chi connectivity index (χ0) is 14.5. The summed E-state index contributed by atoms with van der Waals surface area (Å²) in [5, 5.41) is 5.41. The Balaban J connectivity index is 1.89. The van der Waals surface area contributed by atoms with Crippen molar-refractivity contribution in [2.24, 2.45) is 0 Å². The van der Waals surface area contributed by atoms with Crippen LogP contribution in [0.4, 0.5) is 10.5 Å². The first kappa shape index (κ1) is 14.4. The first-order valence-corrected chi connectivity index (χ1v) is 7.01. The van der Waals surface area contributed by atoms with E-state index in [4.69, 9.17) is 0 Å². The van der Waals surface area contributed by atoms with E-state index >= 15 is 0 Å². The Morgan fingerprint density at radius 3 is 2.70 bits per heavy atom. The molecule has 0 radical (unpaired) electrons. The van der Waals surface area contributed by atoms with Crippen molar-refractivity contribution in [1.29, 1.82) is 0 Å². The summed E-state index contributed by atoms with van der Waals surface area (Å²) in [6.45, 7) is 4.50. The van der Waals surface area contributed by atoms with E-state index in [-0.39, 0.29) is 18.5 Å². The molecule has 0 aliphatic heterocycles. The number of urea groups is 1. The predicted octanol–water partition coefficient (Wildman–Crippen LogP) is 1.81. The number of likely N-dealkylation sites (N-methyl/N-ethyl adjacent to an activating group) is 1. The van der Waals surface area contributed by atoms with Crippen molar-refractivity contribution in [3.8, 4) is 0 Å². The second kappa shape index (κ2) is 6.41. The molecule has 5 nitrogen and oxygen atoms in total. The highest BCUT2D eigenvalue weighted by Gasteiger charge is 2.23. The number of benzene rings is 1. The minimum Gasteiger partial charge on any atom is -0.335 e. The van der Waals surface area contributed by atoms with Gasteiger partial charge in [0.2, 0.25) is 5.91 Å². The zero-order valence-corrected chi connectivity index (χ0v) is 12.0. The van der Waals surface area contributed by atoms with Gasteiger partial charge in [-0.2, -0.15) is 0 Å². The van der Waals surface area contributed by atoms with E-state index in [0.29, 0.717) is 12.6 Å². The van der Waals surface area contributed by atoms with Crippen molar-refractivity contribution in [3.05, 3.63) is 29.8 Å². The van der Waals surface area contributed by atoms with Gasteiger partial charge in [-0.15, -0.1) is 0 Å². The van der Waals surface area contributed by atoms with Crippen LogP contribution in [0.5, 0.6) is 0 Å². The van der Waals surface area contributed by atoms with E-state index < -0.39 is 0 Å². The van der Waals surface area contributed by atoms with E-state index in [1.54, 1.807) is 4.90 Å². The fourth-order valence-corrected chi connectivity index (χ4v) is 2.01. The summed E-state index contributed by atoms with van der Waals surface area (Å²) in [6.07, 6.45) is 2.07. The fraction of sp³-hybridized carbons (Fsp3) is 0.467. The molecule has 3 amide bonds. The van der Waals surface area contributed by atoms with Crippen LogP contribution in [0.2, 0.25) is 0 Å². The molecule has 1 aliphatic rings. The predicted molar refractivity (Wildman–Crippen MR) is 78.8 cm³/mol. The Bertz CT molecular complexity index is 498. The number of aryl methyl sites for hydroxylation is 1. The molecule has 20 heavy (non-hydrogen) atoms. The molecule has 0 spiro atoms. The summed E-state index contributed by atoms with van der Waals surface area (Å²) in [7, 11) is 0. The summed E-state index contributed by atoms with van der Waals surface area (Å²) in [5.74, 6) is -0.107. The maximum Gasteiger partial charge on any atom is 0.315 e. The molecular weight excluding hydrogens is 254 g/mol. The first-order chi connectivity index (χ1) is 9.60. The monoisotopic (exact) mass is 275 g/mol. The number of hydrogen-bond donors (Lipinski definition) is 2. The molecule has 0 aromatic heterocycles. The van der Waals surface area contributed by atoms with Crippen molar-refractivity contribution in [1.82, 2.24) is 10.6 Å². The van der Waals surface area contributed by atoms with Crippen LogP contribution >= 0.6 is 0 Å². The number of amides is 3. The van der Waals surface area contributed by atoms with Gasteiger partial charge in [-0.3, -0.25) is 4.79 Å². The van der Waals surface area contributed by atoms with Crippen LogP contribution < -0.4 is 15.5 Å². The first-order valence-electron chi connectivity index (χ1n) is 7.01. The van der Waals surface area contributed by atoms with Crippen LogP contribution in [0.3, 0.4) is 0 Å². The van der Waals surface area contributed by atoms with Gasteiger partial charge in [0.15, 0.2) is 0 Å². The Labute approximate surface area is 119 Å². The second-order valence-electron chi connectivity index (χ2n) is 5.08. The molecule has 1 aromatic carbocycles. The molecule has 1 aromatic rings. The quantitative estimate of drug-likeness (QED) is 0.861. The zero-order valence-electron chi connectivity index (χ0n) is 12.0. The van der Waals surface area contributed by atoms with Crippen molar-refractivity contribution in [2.45, 2.75) is 32.7 Å². The van der Waals surface area contributed by atoms with Gasteiger partial charge in [0.1, 0.15) is 0 Å². The van der Waals surface area contributed by atoms with Gasteiger partial charge in [-0.1, -0.05) is 12.1 Å². The minimum atomic E-state index is -0.263. The minimum absolute atomic E-state index is 0.0142. The van der Waals surface area contributed by atoms with Gasteiger partial charge in [-0.05, 0) is 44.4 Å². The van der Waals surface area contributed by atoms with E-state index in [2.05, 4.69) is 10.6 Å². The van der Waals surface area contributed by atoms with E-state index in [0.717, 1.165) is 24.1 Å². The summed E-state index contributed by atoms with van der Waals surface area (Å²) in [6, 6.07) is 7.81. The van der Waals surface area contributed by atoms with Gasteiger partial charge in [0.05, 0.1) is 6.54 Å².